The lowest BCUT2D eigenvalue weighted by molar-refractivity contribution is -0.141. The molecule has 1 unspecified atom stereocenters. The Hall–Kier alpha value is -2.28. The van der Waals surface area contributed by atoms with Crippen molar-refractivity contribution in [1.82, 2.24) is 14.7 Å². The normalized spacial score (nSPS) is 30.9. The molecule has 0 radical (unpaired) electrons. The number of amides is 3. The van der Waals surface area contributed by atoms with Gasteiger partial charge in [0, 0.05) is 57.5 Å². The van der Waals surface area contributed by atoms with Crippen LogP contribution in [0.2, 0.25) is 0 Å². The predicted octanol–water partition coefficient (Wildman–Crippen LogP) is 2.86. The molecule has 180 valence electrons. The van der Waals surface area contributed by atoms with Gasteiger partial charge in [0.15, 0.2) is 0 Å². The van der Waals surface area contributed by atoms with Crippen LogP contribution in [0, 0.1) is 12.3 Å². The number of carbonyl (C=O) groups excluding carboxylic acids is 2. The van der Waals surface area contributed by atoms with Crippen LogP contribution in [0.3, 0.4) is 0 Å². The molecule has 1 spiro atoms. The Balaban J connectivity index is 1.19. The highest BCUT2D eigenvalue weighted by Crippen LogP contribution is 2.42. The van der Waals surface area contributed by atoms with Gasteiger partial charge in [-0.1, -0.05) is 18.2 Å². The van der Waals surface area contributed by atoms with Crippen LogP contribution in [0.4, 0.5) is 10.5 Å². The summed E-state index contributed by atoms with van der Waals surface area (Å²) < 4.78 is 0. The van der Waals surface area contributed by atoms with Crippen molar-refractivity contribution < 1.29 is 14.7 Å². The lowest BCUT2D eigenvalue weighted by atomic mass is 9.78. The SMILES string of the molecule is Cc1ccccc1N1CCN(C(=O)N2CCCC3(CCN([C@H]4CC[C@H](O)CC4)C3=O)C2)CC1. The molecule has 1 aromatic rings. The zero-order valence-electron chi connectivity index (χ0n) is 19.9. The van der Waals surface area contributed by atoms with Crippen molar-refractivity contribution in [2.45, 2.75) is 64.0 Å². The molecular formula is C26H38N4O3. The molecule has 1 N–H and O–H groups in total. The number of likely N-dealkylation sites (tertiary alicyclic amines) is 2. The molecule has 4 fully saturated rings. The molecule has 3 aliphatic heterocycles. The van der Waals surface area contributed by atoms with Gasteiger partial charge in [0.25, 0.3) is 0 Å². The molecule has 3 saturated heterocycles. The highest BCUT2D eigenvalue weighted by atomic mass is 16.3. The summed E-state index contributed by atoms with van der Waals surface area (Å²) in [6.07, 6.45) is 5.83. The Labute approximate surface area is 197 Å². The molecule has 5 rings (SSSR count). The fraction of sp³-hybridized carbons (Fsp3) is 0.692. The highest BCUT2D eigenvalue weighted by molar-refractivity contribution is 5.86. The molecule has 3 heterocycles. The van der Waals surface area contributed by atoms with E-state index in [9.17, 15) is 14.7 Å². The smallest absolute Gasteiger partial charge is 0.320 e. The fourth-order valence-corrected chi connectivity index (χ4v) is 6.50. The van der Waals surface area contributed by atoms with E-state index in [0.717, 1.165) is 84.2 Å². The van der Waals surface area contributed by atoms with Crippen molar-refractivity contribution in [3.05, 3.63) is 29.8 Å². The number of carbonyl (C=O) groups is 2. The van der Waals surface area contributed by atoms with Gasteiger partial charge in [0.2, 0.25) is 5.91 Å². The first-order chi connectivity index (χ1) is 16.0. The Bertz CT molecular complexity index is 876. The first-order valence-corrected chi connectivity index (χ1v) is 12.8. The largest absolute Gasteiger partial charge is 0.393 e. The maximum absolute atomic E-state index is 13.5. The van der Waals surface area contributed by atoms with Crippen LogP contribution in [0.25, 0.3) is 0 Å². The number of aliphatic hydroxyl groups excluding tert-OH is 1. The molecule has 1 saturated carbocycles. The number of hydrogen-bond acceptors (Lipinski definition) is 4. The number of aryl methyl sites for hydroxylation is 1. The van der Waals surface area contributed by atoms with Gasteiger partial charge in [-0.2, -0.15) is 0 Å². The first-order valence-electron chi connectivity index (χ1n) is 12.8. The second kappa shape index (κ2) is 9.16. The summed E-state index contributed by atoms with van der Waals surface area (Å²) in [7, 11) is 0. The molecule has 1 atom stereocenters. The van der Waals surface area contributed by atoms with E-state index in [1.54, 1.807) is 0 Å². The summed E-state index contributed by atoms with van der Waals surface area (Å²) in [5.41, 5.74) is 2.13. The number of aliphatic hydroxyl groups is 1. The van der Waals surface area contributed by atoms with Gasteiger partial charge in [-0.3, -0.25) is 4.79 Å². The van der Waals surface area contributed by atoms with Crippen molar-refractivity contribution in [3.63, 3.8) is 0 Å². The molecular weight excluding hydrogens is 416 g/mol. The summed E-state index contributed by atoms with van der Waals surface area (Å²) in [6.45, 7) is 7.39. The number of para-hydroxylation sites is 1. The Morgan fingerprint density at radius 3 is 2.39 bits per heavy atom. The zero-order chi connectivity index (χ0) is 23.0. The van der Waals surface area contributed by atoms with E-state index in [1.807, 2.05) is 9.80 Å². The zero-order valence-corrected chi connectivity index (χ0v) is 19.9. The lowest BCUT2D eigenvalue weighted by Gasteiger charge is -2.43. The number of piperidine rings is 1. The summed E-state index contributed by atoms with van der Waals surface area (Å²) >= 11 is 0. The number of urea groups is 1. The summed E-state index contributed by atoms with van der Waals surface area (Å²) in [5, 5.41) is 9.84. The van der Waals surface area contributed by atoms with Gasteiger partial charge in [-0.05, 0) is 63.5 Å². The predicted molar refractivity (Wildman–Crippen MR) is 128 cm³/mol. The Morgan fingerprint density at radius 1 is 0.939 bits per heavy atom. The number of nitrogens with zero attached hydrogens (tertiary/aromatic N) is 4. The van der Waals surface area contributed by atoms with Gasteiger partial charge in [-0.25, -0.2) is 4.79 Å². The molecule has 3 amide bonds. The summed E-state index contributed by atoms with van der Waals surface area (Å²) in [6, 6.07) is 8.80. The first kappa shape index (κ1) is 22.5. The van der Waals surface area contributed by atoms with Crippen LogP contribution in [-0.2, 0) is 4.79 Å². The summed E-state index contributed by atoms with van der Waals surface area (Å²) in [5.74, 6) is 0.255. The Morgan fingerprint density at radius 2 is 1.67 bits per heavy atom. The van der Waals surface area contributed by atoms with Crippen LogP contribution in [0.15, 0.2) is 24.3 Å². The van der Waals surface area contributed by atoms with Crippen LogP contribution in [-0.4, -0.2) is 89.7 Å². The maximum atomic E-state index is 13.5. The van der Waals surface area contributed by atoms with Crippen LogP contribution in [0.1, 0.15) is 50.5 Å². The van der Waals surface area contributed by atoms with Crippen LogP contribution in [0.5, 0.6) is 0 Å². The second-order valence-electron chi connectivity index (χ2n) is 10.6. The second-order valence-corrected chi connectivity index (χ2v) is 10.6. The van der Waals surface area contributed by atoms with Crippen LogP contribution < -0.4 is 4.90 Å². The Kier molecular flexibility index (Phi) is 6.25. The van der Waals surface area contributed by atoms with E-state index < -0.39 is 5.41 Å². The van der Waals surface area contributed by atoms with E-state index in [-0.39, 0.29) is 24.1 Å². The van der Waals surface area contributed by atoms with E-state index in [2.05, 4.69) is 41.0 Å². The number of benzene rings is 1. The minimum absolute atomic E-state index is 0.102. The molecule has 0 aromatic heterocycles. The minimum atomic E-state index is -0.396. The van der Waals surface area contributed by atoms with Gasteiger partial charge in [-0.15, -0.1) is 0 Å². The van der Waals surface area contributed by atoms with Gasteiger partial charge >= 0.3 is 6.03 Å². The third-order valence-electron chi connectivity index (χ3n) is 8.51. The quantitative estimate of drug-likeness (QED) is 0.746. The maximum Gasteiger partial charge on any atom is 0.320 e. The van der Waals surface area contributed by atoms with Crippen molar-refractivity contribution in [3.8, 4) is 0 Å². The van der Waals surface area contributed by atoms with E-state index in [1.165, 1.54) is 11.3 Å². The topological polar surface area (TPSA) is 67.3 Å². The lowest BCUT2D eigenvalue weighted by Crippen LogP contribution is -2.57. The van der Waals surface area contributed by atoms with Gasteiger partial charge in [0.05, 0.1) is 11.5 Å². The number of piperazine rings is 1. The molecule has 0 bridgehead atoms. The van der Waals surface area contributed by atoms with E-state index >= 15 is 0 Å². The van der Waals surface area contributed by atoms with Crippen molar-refractivity contribution in [2.24, 2.45) is 5.41 Å². The molecule has 33 heavy (non-hydrogen) atoms. The summed E-state index contributed by atoms with van der Waals surface area (Å²) in [4.78, 5) is 35.3. The molecule has 7 nitrogen and oxygen atoms in total. The minimum Gasteiger partial charge on any atom is -0.393 e. The molecule has 1 aliphatic carbocycles. The van der Waals surface area contributed by atoms with Crippen molar-refractivity contribution >= 4 is 17.6 Å². The molecule has 4 aliphatic rings. The average Bonchev–Trinajstić information content (AvgIpc) is 3.14. The highest BCUT2D eigenvalue weighted by Gasteiger charge is 2.51. The van der Waals surface area contributed by atoms with Crippen molar-refractivity contribution in [1.29, 1.82) is 0 Å². The van der Waals surface area contributed by atoms with E-state index in [4.69, 9.17) is 0 Å². The molecule has 1 aromatic carbocycles. The molecule has 7 heteroatoms. The third kappa shape index (κ3) is 4.32. The fourth-order valence-electron chi connectivity index (χ4n) is 6.50. The number of hydrogen-bond donors (Lipinski definition) is 1. The standard InChI is InChI=1S/C26H38N4O3/c1-20-5-2-3-6-23(20)27-15-17-28(18-16-27)25(33)29-13-4-11-26(19-29)12-14-30(24(26)32)21-7-9-22(31)10-8-21/h2-3,5-6,21-22,31H,4,7-19H2,1H3/t21-,22-,26?. The monoisotopic (exact) mass is 454 g/mol. The van der Waals surface area contributed by atoms with Crippen LogP contribution >= 0.6 is 0 Å². The van der Waals surface area contributed by atoms with Gasteiger partial charge in [0.1, 0.15) is 0 Å². The van der Waals surface area contributed by atoms with Crippen molar-refractivity contribution in [2.75, 3.05) is 50.7 Å². The van der Waals surface area contributed by atoms with Gasteiger partial charge < -0.3 is 24.7 Å². The number of rotatable bonds is 2. The average molecular weight is 455 g/mol. The third-order valence-corrected chi connectivity index (χ3v) is 8.51. The van der Waals surface area contributed by atoms with E-state index in [0.29, 0.717) is 6.54 Å². The number of anilines is 1.